The summed E-state index contributed by atoms with van der Waals surface area (Å²) in [6.07, 6.45) is 0. The highest BCUT2D eigenvalue weighted by Gasteiger charge is 2.28. The van der Waals surface area contributed by atoms with E-state index in [1.807, 2.05) is 0 Å². The second kappa shape index (κ2) is 6.42. The van der Waals surface area contributed by atoms with Crippen molar-refractivity contribution in [3.05, 3.63) is 71.8 Å². The zero-order chi connectivity index (χ0) is 14.7. The largest absolute Gasteiger partial charge is 0.309 e. The van der Waals surface area contributed by atoms with Gasteiger partial charge in [0.1, 0.15) is 0 Å². The summed E-state index contributed by atoms with van der Waals surface area (Å²) >= 11 is 0. The molecule has 0 saturated carbocycles. The minimum Gasteiger partial charge on any atom is -0.309 e. The quantitative estimate of drug-likeness (QED) is 0.926. The molecule has 1 fully saturated rings. The molecule has 0 radical (unpaired) electrons. The molecule has 1 N–H and O–H groups in total. The van der Waals surface area contributed by atoms with Gasteiger partial charge in [0.2, 0.25) is 0 Å². The molecule has 2 heteroatoms. The lowest BCUT2D eigenvalue weighted by Crippen LogP contribution is -2.55. The van der Waals surface area contributed by atoms with E-state index in [2.05, 4.69) is 84.7 Å². The molecule has 0 aromatic heterocycles. The smallest absolute Gasteiger partial charge is 0.0602 e. The Labute approximate surface area is 127 Å². The van der Waals surface area contributed by atoms with Crippen molar-refractivity contribution in [3.63, 3.8) is 0 Å². The molecular formula is C19H24N2. The summed E-state index contributed by atoms with van der Waals surface area (Å²) in [5, 5.41) is 3.63. The Bertz CT molecular complexity index is 503. The van der Waals surface area contributed by atoms with Gasteiger partial charge < -0.3 is 5.32 Å². The molecule has 2 unspecified atom stereocenters. The van der Waals surface area contributed by atoms with Crippen LogP contribution in [0.4, 0.5) is 0 Å². The van der Waals surface area contributed by atoms with Gasteiger partial charge >= 0.3 is 0 Å². The molecule has 1 heterocycles. The first-order valence-corrected chi connectivity index (χ1v) is 7.84. The maximum atomic E-state index is 3.63. The Morgan fingerprint density at radius 3 is 1.67 bits per heavy atom. The van der Waals surface area contributed by atoms with Crippen LogP contribution in [0.5, 0.6) is 0 Å². The first kappa shape index (κ1) is 14.3. The molecule has 110 valence electrons. The van der Waals surface area contributed by atoms with Gasteiger partial charge in [-0.15, -0.1) is 0 Å². The third-order valence-electron chi connectivity index (χ3n) is 4.18. The number of piperazine rings is 1. The first-order chi connectivity index (χ1) is 10.2. The van der Waals surface area contributed by atoms with Crippen LogP contribution in [0.25, 0.3) is 0 Å². The second-order valence-corrected chi connectivity index (χ2v) is 6.15. The molecule has 0 aliphatic carbocycles. The topological polar surface area (TPSA) is 15.3 Å². The Morgan fingerprint density at radius 2 is 1.24 bits per heavy atom. The second-order valence-electron chi connectivity index (χ2n) is 6.15. The number of nitrogens with one attached hydrogen (secondary N) is 1. The molecule has 1 saturated heterocycles. The summed E-state index contributed by atoms with van der Waals surface area (Å²) in [7, 11) is 0. The monoisotopic (exact) mass is 280 g/mol. The molecule has 0 spiro atoms. The van der Waals surface area contributed by atoms with Gasteiger partial charge in [0.15, 0.2) is 0 Å². The van der Waals surface area contributed by atoms with Gasteiger partial charge in [-0.2, -0.15) is 0 Å². The molecule has 2 atom stereocenters. The highest BCUT2D eigenvalue weighted by atomic mass is 15.2. The normalized spacial score (nSPS) is 23.4. The summed E-state index contributed by atoms with van der Waals surface area (Å²) in [6.45, 7) is 6.71. The van der Waals surface area contributed by atoms with Crippen LogP contribution in [-0.2, 0) is 0 Å². The minimum absolute atomic E-state index is 0.347. The number of rotatable bonds is 3. The maximum Gasteiger partial charge on any atom is 0.0602 e. The number of nitrogens with zero attached hydrogens (tertiary/aromatic N) is 1. The SMILES string of the molecule is CC1CN(C(c2ccccc2)c2ccccc2)CC(C)N1. The van der Waals surface area contributed by atoms with Crippen LogP contribution in [-0.4, -0.2) is 30.1 Å². The van der Waals surface area contributed by atoms with Crippen molar-refractivity contribution in [1.82, 2.24) is 10.2 Å². The van der Waals surface area contributed by atoms with E-state index >= 15 is 0 Å². The molecule has 0 bridgehead atoms. The van der Waals surface area contributed by atoms with E-state index < -0.39 is 0 Å². The molecule has 0 amide bonds. The van der Waals surface area contributed by atoms with Crippen molar-refractivity contribution in [2.24, 2.45) is 0 Å². The van der Waals surface area contributed by atoms with Gasteiger partial charge in [-0.3, -0.25) is 4.90 Å². The molecule has 2 aromatic rings. The number of benzene rings is 2. The molecule has 1 aliphatic rings. The molecule has 2 nitrogen and oxygen atoms in total. The number of hydrogen-bond acceptors (Lipinski definition) is 2. The predicted molar refractivity (Wildman–Crippen MR) is 88.4 cm³/mol. The fraction of sp³-hybridized carbons (Fsp3) is 0.368. The molecule has 1 aliphatic heterocycles. The molecule has 21 heavy (non-hydrogen) atoms. The van der Waals surface area contributed by atoms with Gasteiger partial charge in [-0.1, -0.05) is 60.7 Å². The Morgan fingerprint density at radius 1 is 0.810 bits per heavy atom. The van der Waals surface area contributed by atoms with Crippen LogP contribution >= 0.6 is 0 Å². The first-order valence-electron chi connectivity index (χ1n) is 7.84. The lowest BCUT2D eigenvalue weighted by Gasteiger charge is -2.41. The fourth-order valence-electron chi connectivity index (χ4n) is 3.46. The van der Waals surface area contributed by atoms with E-state index in [0.717, 1.165) is 13.1 Å². The highest BCUT2D eigenvalue weighted by Crippen LogP contribution is 2.29. The Hall–Kier alpha value is -1.64. The number of hydrogen-bond donors (Lipinski definition) is 1. The van der Waals surface area contributed by atoms with E-state index in [4.69, 9.17) is 0 Å². The van der Waals surface area contributed by atoms with Crippen molar-refractivity contribution < 1.29 is 0 Å². The standard InChI is InChI=1S/C19H24N2/c1-15-13-21(14-16(2)20-15)19(17-9-5-3-6-10-17)18-11-7-4-8-12-18/h3-12,15-16,19-20H,13-14H2,1-2H3. The lowest BCUT2D eigenvalue weighted by atomic mass is 9.95. The lowest BCUT2D eigenvalue weighted by molar-refractivity contribution is 0.141. The van der Waals surface area contributed by atoms with Crippen molar-refractivity contribution in [2.75, 3.05) is 13.1 Å². The molecular weight excluding hydrogens is 256 g/mol. The average Bonchev–Trinajstić information content (AvgIpc) is 2.49. The maximum absolute atomic E-state index is 3.63. The zero-order valence-electron chi connectivity index (χ0n) is 12.9. The van der Waals surface area contributed by atoms with Crippen molar-refractivity contribution in [2.45, 2.75) is 32.0 Å². The van der Waals surface area contributed by atoms with Gasteiger partial charge in [0.25, 0.3) is 0 Å². The van der Waals surface area contributed by atoms with Gasteiger partial charge in [0, 0.05) is 25.2 Å². The van der Waals surface area contributed by atoms with Crippen molar-refractivity contribution in [3.8, 4) is 0 Å². The molecule has 3 rings (SSSR count). The summed E-state index contributed by atoms with van der Waals surface area (Å²) in [5.41, 5.74) is 2.76. The van der Waals surface area contributed by atoms with Crippen molar-refractivity contribution in [1.29, 1.82) is 0 Å². The zero-order valence-corrected chi connectivity index (χ0v) is 12.9. The van der Waals surface area contributed by atoms with Crippen LogP contribution in [0.1, 0.15) is 31.0 Å². The van der Waals surface area contributed by atoms with E-state index in [9.17, 15) is 0 Å². The summed E-state index contributed by atoms with van der Waals surface area (Å²) < 4.78 is 0. The van der Waals surface area contributed by atoms with Crippen LogP contribution in [0, 0.1) is 0 Å². The van der Waals surface area contributed by atoms with E-state index in [1.165, 1.54) is 11.1 Å². The molecule has 2 aromatic carbocycles. The minimum atomic E-state index is 0.347. The summed E-state index contributed by atoms with van der Waals surface area (Å²) in [4.78, 5) is 2.61. The highest BCUT2D eigenvalue weighted by molar-refractivity contribution is 5.32. The Balaban J connectivity index is 1.96. The van der Waals surface area contributed by atoms with Crippen LogP contribution in [0.15, 0.2) is 60.7 Å². The fourth-order valence-corrected chi connectivity index (χ4v) is 3.46. The van der Waals surface area contributed by atoms with Gasteiger partial charge in [0.05, 0.1) is 6.04 Å². The van der Waals surface area contributed by atoms with E-state index in [0.29, 0.717) is 18.1 Å². The third kappa shape index (κ3) is 3.34. The van der Waals surface area contributed by atoms with Gasteiger partial charge in [-0.05, 0) is 25.0 Å². The predicted octanol–water partition coefficient (Wildman–Crippen LogP) is 3.46. The average molecular weight is 280 g/mol. The van der Waals surface area contributed by atoms with E-state index in [1.54, 1.807) is 0 Å². The van der Waals surface area contributed by atoms with Gasteiger partial charge in [-0.25, -0.2) is 0 Å². The van der Waals surface area contributed by atoms with E-state index in [-0.39, 0.29) is 0 Å². The summed E-state index contributed by atoms with van der Waals surface area (Å²) in [6, 6.07) is 23.1. The van der Waals surface area contributed by atoms with Crippen LogP contribution in [0.3, 0.4) is 0 Å². The van der Waals surface area contributed by atoms with Crippen LogP contribution < -0.4 is 5.32 Å². The van der Waals surface area contributed by atoms with Crippen molar-refractivity contribution >= 4 is 0 Å². The third-order valence-corrected chi connectivity index (χ3v) is 4.18. The Kier molecular flexibility index (Phi) is 4.37. The van der Waals surface area contributed by atoms with Crippen LogP contribution in [0.2, 0.25) is 0 Å². The summed E-state index contributed by atoms with van der Waals surface area (Å²) in [5.74, 6) is 0.